The molecular formula is C6H2F6N2S. The van der Waals surface area contributed by atoms with E-state index in [-0.39, 0.29) is 0 Å². The summed E-state index contributed by atoms with van der Waals surface area (Å²) in [4.78, 5) is 3.89. The van der Waals surface area contributed by atoms with Gasteiger partial charge in [-0.2, -0.15) is 26.3 Å². The Morgan fingerprint density at radius 1 is 1.07 bits per heavy atom. The van der Waals surface area contributed by atoms with Crippen molar-refractivity contribution in [1.29, 1.82) is 0 Å². The van der Waals surface area contributed by atoms with E-state index in [0.717, 1.165) is 4.98 Å². The third kappa shape index (κ3) is 2.91. The maximum absolute atomic E-state index is 12.1. The highest BCUT2D eigenvalue weighted by molar-refractivity contribution is 7.71. The number of hydrogen-bond acceptors (Lipinski definition) is 2. The predicted octanol–water partition coefficient (Wildman–Crippen LogP) is 3.18. The van der Waals surface area contributed by atoms with Crippen LogP contribution in [-0.4, -0.2) is 9.97 Å². The van der Waals surface area contributed by atoms with Crippen molar-refractivity contribution in [2.75, 3.05) is 0 Å². The molecule has 0 saturated heterocycles. The van der Waals surface area contributed by atoms with Gasteiger partial charge >= 0.3 is 12.4 Å². The SMILES string of the molecule is FC(F)(F)c1cc(=S)nc(C(F)(F)F)[nH]1. The number of H-pyrrole nitrogens is 1. The number of hydrogen-bond donors (Lipinski definition) is 1. The van der Waals surface area contributed by atoms with Crippen molar-refractivity contribution in [3.8, 4) is 0 Å². The van der Waals surface area contributed by atoms with E-state index in [2.05, 4.69) is 17.2 Å². The van der Waals surface area contributed by atoms with E-state index in [4.69, 9.17) is 0 Å². The molecule has 0 unspecified atom stereocenters. The molecule has 1 aromatic rings. The van der Waals surface area contributed by atoms with Crippen LogP contribution in [0, 0.1) is 4.64 Å². The molecule has 15 heavy (non-hydrogen) atoms. The second-order valence-corrected chi connectivity index (χ2v) is 2.90. The molecule has 0 atom stereocenters. The molecular weight excluding hydrogens is 246 g/mol. The molecule has 0 radical (unpaired) electrons. The van der Waals surface area contributed by atoms with E-state index >= 15 is 0 Å². The fourth-order valence-electron chi connectivity index (χ4n) is 0.744. The van der Waals surface area contributed by atoms with Gasteiger partial charge in [-0.3, -0.25) is 0 Å². The zero-order chi connectivity index (χ0) is 11.9. The van der Waals surface area contributed by atoms with Crippen LogP contribution in [0.2, 0.25) is 0 Å². The Bertz CT molecular complexity index is 382. The van der Waals surface area contributed by atoms with Gasteiger partial charge < -0.3 is 4.98 Å². The van der Waals surface area contributed by atoms with Crippen LogP contribution in [0.1, 0.15) is 11.5 Å². The summed E-state index contributed by atoms with van der Waals surface area (Å²) in [7, 11) is 0. The lowest BCUT2D eigenvalue weighted by atomic mass is 10.4. The second-order valence-electron chi connectivity index (χ2n) is 2.48. The van der Waals surface area contributed by atoms with E-state index in [9.17, 15) is 26.3 Å². The van der Waals surface area contributed by atoms with E-state index in [1.807, 2.05) is 0 Å². The molecule has 0 aromatic carbocycles. The molecule has 0 amide bonds. The minimum absolute atomic E-state index is 0.324. The molecule has 0 saturated carbocycles. The first kappa shape index (κ1) is 12.0. The summed E-state index contributed by atoms with van der Waals surface area (Å²) in [6.07, 6.45) is -9.91. The fraction of sp³-hybridized carbons (Fsp3) is 0.333. The smallest absolute Gasteiger partial charge is 0.332 e. The average molecular weight is 248 g/mol. The van der Waals surface area contributed by atoms with Crippen LogP contribution in [0.25, 0.3) is 0 Å². The number of rotatable bonds is 0. The van der Waals surface area contributed by atoms with Crippen LogP contribution in [0.4, 0.5) is 26.3 Å². The molecule has 1 N–H and O–H groups in total. The quantitative estimate of drug-likeness (QED) is 0.564. The van der Waals surface area contributed by atoms with Crippen LogP contribution in [0.5, 0.6) is 0 Å². The lowest BCUT2D eigenvalue weighted by molar-refractivity contribution is -0.152. The van der Waals surface area contributed by atoms with Gasteiger partial charge in [-0.1, -0.05) is 12.2 Å². The van der Waals surface area contributed by atoms with Crippen LogP contribution in [0.3, 0.4) is 0 Å². The number of aromatic nitrogens is 2. The molecule has 0 aliphatic heterocycles. The van der Waals surface area contributed by atoms with Crippen LogP contribution >= 0.6 is 12.2 Å². The van der Waals surface area contributed by atoms with Crippen LogP contribution < -0.4 is 0 Å². The number of nitrogens with one attached hydrogen (secondary N) is 1. The van der Waals surface area contributed by atoms with Gasteiger partial charge in [0.1, 0.15) is 10.3 Å². The molecule has 1 rings (SSSR count). The van der Waals surface area contributed by atoms with Crippen molar-refractivity contribution in [2.24, 2.45) is 0 Å². The third-order valence-corrected chi connectivity index (χ3v) is 1.53. The van der Waals surface area contributed by atoms with Gasteiger partial charge in [-0.05, 0) is 0 Å². The zero-order valence-corrected chi connectivity index (χ0v) is 7.52. The van der Waals surface area contributed by atoms with Gasteiger partial charge in [0.2, 0.25) is 5.82 Å². The predicted molar refractivity (Wildman–Crippen MR) is 39.4 cm³/mol. The van der Waals surface area contributed by atoms with E-state index in [0.29, 0.717) is 6.07 Å². The molecule has 9 heteroatoms. The van der Waals surface area contributed by atoms with Gasteiger partial charge in [-0.25, -0.2) is 4.98 Å². The Hall–Kier alpha value is -1.12. The summed E-state index contributed by atoms with van der Waals surface area (Å²) in [5.74, 6) is -1.76. The standard InChI is InChI=1S/C6H2F6N2S/c7-5(8,9)2-1-3(15)14-4(13-2)6(10,11)12/h1H,(H,13,14,15). The second kappa shape index (κ2) is 3.47. The van der Waals surface area contributed by atoms with E-state index < -0.39 is 28.5 Å². The minimum atomic E-state index is -4.99. The summed E-state index contributed by atoms with van der Waals surface area (Å²) < 4.78 is 71.5. The van der Waals surface area contributed by atoms with Gasteiger partial charge in [-0.15, -0.1) is 0 Å². The van der Waals surface area contributed by atoms with Gasteiger partial charge in [0.25, 0.3) is 0 Å². The highest BCUT2D eigenvalue weighted by Gasteiger charge is 2.38. The van der Waals surface area contributed by atoms with Gasteiger partial charge in [0.05, 0.1) is 0 Å². The van der Waals surface area contributed by atoms with Crippen molar-refractivity contribution in [3.05, 3.63) is 22.2 Å². The highest BCUT2D eigenvalue weighted by atomic mass is 32.1. The van der Waals surface area contributed by atoms with Crippen molar-refractivity contribution in [2.45, 2.75) is 12.4 Å². The molecule has 0 aliphatic carbocycles. The minimum Gasteiger partial charge on any atom is -0.332 e. The average Bonchev–Trinajstić information content (AvgIpc) is 1.99. The monoisotopic (exact) mass is 248 g/mol. The van der Waals surface area contributed by atoms with Gasteiger partial charge in [0.15, 0.2) is 0 Å². The molecule has 0 bridgehead atoms. The molecule has 0 aliphatic rings. The van der Waals surface area contributed by atoms with Gasteiger partial charge in [0, 0.05) is 6.07 Å². The molecule has 84 valence electrons. The fourth-order valence-corrected chi connectivity index (χ4v) is 0.954. The highest BCUT2D eigenvalue weighted by Crippen LogP contribution is 2.31. The third-order valence-electron chi connectivity index (χ3n) is 1.32. The Balaban J connectivity index is 3.36. The summed E-state index contributed by atoms with van der Waals surface area (Å²) in [6.45, 7) is 0. The number of halogens is 6. The number of nitrogens with zero attached hydrogens (tertiary/aromatic N) is 1. The lowest BCUT2D eigenvalue weighted by Gasteiger charge is -2.10. The van der Waals surface area contributed by atoms with Crippen molar-refractivity contribution in [3.63, 3.8) is 0 Å². The summed E-state index contributed by atoms with van der Waals surface area (Å²) in [5.41, 5.74) is -1.57. The van der Waals surface area contributed by atoms with Crippen LogP contribution in [-0.2, 0) is 12.4 Å². The maximum atomic E-state index is 12.1. The Kier molecular flexibility index (Phi) is 2.77. The summed E-state index contributed by atoms with van der Waals surface area (Å²) >= 11 is 4.19. The maximum Gasteiger partial charge on any atom is 0.449 e. The molecule has 1 aromatic heterocycles. The first-order valence-electron chi connectivity index (χ1n) is 3.36. The van der Waals surface area contributed by atoms with Crippen molar-refractivity contribution >= 4 is 12.2 Å². The molecule has 0 spiro atoms. The van der Waals surface area contributed by atoms with Crippen LogP contribution in [0.15, 0.2) is 6.07 Å². The Labute approximate surface area is 84.0 Å². The number of aromatic amines is 1. The lowest BCUT2D eigenvalue weighted by Crippen LogP contribution is -2.16. The molecule has 0 fully saturated rings. The summed E-state index contributed by atoms with van der Waals surface area (Å²) in [5, 5.41) is 0. The first-order chi connectivity index (χ1) is 6.60. The zero-order valence-electron chi connectivity index (χ0n) is 6.70. The Morgan fingerprint density at radius 3 is 2.00 bits per heavy atom. The topological polar surface area (TPSA) is 28.7 Å². The molecule has 2 nitrogen and oxygen atoms in total. The summed E-state index contributed by atoms with van der Waals surface area (Å²) in [6, 6.07) is 0.324. The van der Waals surface area contributed by atoms with Crippen molar-refractivity contribution < 1.29 is 26.3 Å². The molecule has 1 heterocycles. The number of alkyl halides is 6. The van der Waals surface area contributed by atoms with E-state index in [1.165, 1.54) is 0 Å². The Morgan fingerprint density at radius 2 is 1.60 bits per heavy atom. The normalized spacial score (nSPS) is 12.9. The largest absolute Gasteiger partial charge is 0.449 e. The first-order valence-corrected chi connectivity index (χ1v) is 3.77. The van der Waals surface area contributed by atoms with Crippen molar-refractivity contribution in [1.82, 2.24) is 9.97 Å². The van der Waals surface area contributed by atoms with E-state index in [1.54, 1.807) is 0 Å².